The van der Waals surface area contributed by atoms with Crippen molar-refractivity contribution in [3.8, 4) is 0 Å². The summed E-state index contributed by atoms with van der Waals surface area (Å²) < 4.78 is 0. The molecule has 0 heterocycles. The summed E-state index contributed by atoms with van der Waals surface area (Å²) >= 11 is 0. The van der Waals surface area contributed by atoms with E-state index in [2.05, 4.69) is 13.8 Å². The van der Waals surface area contributed by atoms with Gasteiger partial charge >= 0.3 is 0 Å². The molecule has 1 aliphatic carbocycles. The zero-order valence-corrected chi connectivity index (χ0v) is 13.1. The Morgan fingerprint density at radius 1 is 0.722 bits per heavy atom. The molecule has 0 amide bonds. The predicted molar refractivity (Wildman–Crippen MR) is 83.0 cm³/mol. The van der Waals surface area contributed by atoms with Crippen molar-refractivity contribution in [3.63, 3.8) is 0 Å². The fourth-order valence-electron chi connectivity index (χ4n) is 3.35. The molecule has 0 aromatic heterocycles. The Hall–Kier alpha value is 0. The summed E-state index contributed by atoms with van der Waals surface area (Å²) in [6.45, 7) is 4.68. The van der Waals surface area contributed by atoms with Crippen LogP contribution in [0.1, 0.15) is 104 Å². The summed E-state index contributed by atoms with van der Waals surface area (Å²) in [5.74, 6) is 2.02. The molecule has 0 N–H and O–H groups in total. The second-order valence-electron chi connectivity index (χ2n) is 6.95. The van der Waals surface area contributed by atoms with E-state index in [1.807, 2.05) is 0 Å². The molecule has 108 valence electrons. The molecule has 1 aliphatic rings. The molecule has 0 aromatic carbocycles. The summed E-state index contributed by atoms with van der Waals surface area (Å²) in [6.07, 6.45) is 21.0. The lowest BCUT2D eigenvalue weighted by Gasteiger charge is -2.08. The third-order valence-electron chi connectivity index (χ3n) is 4.62. The lowest BCUT2D eigenvalue weighted by molar-refractivity contribution is 0.458. The topological polar surface area (TPSA) is 0 Å². The van der Waals surface area contributed by atoms with Crippen LogP contribution in [0.4, 0.5) is 0 Å². The van der Waals surface area contributed by atoms with Crippen molar-refractivity contribution < 1.29 is 0 Å². The first kappa shape index (κ1) is 16.1. The van der Waals surface area contributed by atoms with Gasteiger partial charge in [0.05, 0.1) is 0 Å². The van der Waals surface area contributed by atoms with Crippen molar-refractivity contribution in [1.82, 2.24) is 0 Å². The van der Waals surface area contributed by atoms with Gasteiger partial charge < -0.3 is 0 Å². The van der Waals surface area contributed by atoms with Crippen molar-refractivity contribution >= 4 is 0 Å². The Bertz CT molecular complexity index is 165. The van der Waals surface area contributed by atoms with E-state index in [1.165, 1.54) is 89.9 Å². The highest BCUT2D eigenvalue weighted by Crippen LogP contribution is 2.29. The van der Waals surface area contributed by atoms with E-state index in [0.717, 1.165) is 11.8 Å². The molecule has 0 aromatic rings. The summed E-state index contributed by atoms with van der Waals surface area (Å²) in [5.41, 5.74) is 0. The van der Waals surface area contributed by atoms with Crippen LogP contribution in [0.2, 0.25) is 0 Å². The zero-order valence-electron chi connectivity index (χ0n) is 13.1. The van der Waals surface area contributed by atoms with Crippen molar-refractivity contribution in [2.45, 2.75) is 104 Å². The minimum absolute atomic E-state index is 0.903. The zero-order chi connectivity index (χ0) is 13.1. The van der Waals surface area contributed by atoms with Crippen LogP contribution in [0.3, 0.4) is 0 Å². The van der Waals surface area contributed by atoms with Crippen LogP contribution in [0.25, 0.3) is 0 Å². The quantitative estimate of drug-likeness (QED) is 0.357. The van der Waals surface area contributed by atoms with Gasteiger partial charge in [-0.15, -0.1) is 0 Å². The van der Waals surface area contributed by atoms with Gasteiger partial charge in [0.2, 0.25) is 0 Å². The van der Waals surface area contributed by atoms with E-state index in [4.69, 9.17) is 0 Å². The molecule has 0 bridgehead atoms. The maximum absolute atomic E-state index is 2.34. The van der Waals surface area contributed by atoms with Crippen LogP contribution >= 0.6 is 0 Å². The molecule has 0 saturated heterocycles. The second kappa shape index (κ2) is 10.9. The van der Waals surface area contributed by atoms with Gasteiger partial charge in [-0.1, -0.05) is 104 Å². The minimum Gasteiger partial charge on any atom is -0.0628 e. The van der Waals surface area contributed by atoms with Crippen molar-refractivity contribution in [3.05, 3.63) is 0 Å². The number of hydrogen-bond donors (Lipinski definition) is 0. The monoisotopic (exact) mass is 252 g/mol. The normalized spacial score (nSPS) is 16.8. The Balaban J connectivity index is 1.70. The van der Waals surface area contributed by atoms with Crippen molar-refractivity contribution in [2.24, 2.45) is 11.8 Å². The molecule has 0 spiro atoms. The Labute approximate surface area is 116 Å². The fraction of sp³-hybridized carbons (Fsp3) is 1.00. The molecule has 0 atom stereocenters. The van der Waals surface area contributed by atoms with Crippen molar-refractivity contribution in [2.75, 3.05) is 0 Å². The summed E-state index contributed by atoms with van der Waals surface area (Å²) in [5, 5.41) is 0. The number of unbranched alkanes of at least 4 members (excludes halogenated alkanes) is 7. The van der Waals surface area contributed by atoms with Gasteiger partial charge in [-0.3, -0.25) is 0 Å². The SMILES string of the molecule is CC(C)CCCCCCCCCCC1CCCC1. The molecule has 0 unspecified atom stereocenters. The van der Waals surface area contributed by atoms with Crippen LogP contribution in [-0.4, -0.2) is 0 Å². The average molecular weight is 252 g/mol. The van der Waals surface area contributed by atoms with Gasteiger partial charge in [0.25, 0.3) is 0 Å². The molecule has 0 radical (unpaired) electrons. The molecular weight excluding hydrogens is 216 g/mol. The molecule has 1 saturated carbocycles. The molecule has 1 fully saturated rings. The molecular formula is C18H36. The van der Waals surface area contributed by atoms with E-state index in [9.17, 15) is 0 Å². The highest BCUT2D eigenvalue weighted by atomic mass is 14.2. The number of rotatable bonds is 11. The van der Waals surface area contributed by atoms with Crippen LogP contribution in [0, 0.1) is 11.8 Å². The Morgan fingerprint density at radius 3 is 1.78 bits per heavy atom. The van der Waals surface area contributed by atoms with Crippen LogP contribution in [0.5, 0.6) is 0 Å². The smallest absolute Gasteiger partial charge is 0.0414 e. The van der Waals surface area contributed by atoms with E-state index in [0.29, 0.717) is 0 Å². The second-order valence-corrected chi connectivity index (χ2v) is 6.95. The third-order valence-corrected chi connectivity index (χ3v) is 4.62. The standard InChI is InChI=1S/C18H36/c1-17(2)13-9-7-5-3-4-6-8-10-14-18-15-11-12-16-18/h17-18H,3-16H2,1-2H3. The molecule has 0 nitrogen and oxygen atoms in total. The van der Waals surface area contributed by atoms with Crippen molar-refractivity contribution in [1.29, 1.82) is 0 Å². The predicted octanol–water partition coefficient (Wildman–Crippen LogP) is 6.73. The van der Waals surface area contributed by atoms with Gasteiger partial charge in [-0.25, -0.2) is 0 Å². The average Bonchev–Trinajstić information content (AvgIpc) is 2.84. The summed E-state index contributed by atoms with van der Waals surface area (Å²) in [7, 11) is 0. The molecule has 0 heteroatoms. The third kappa shape index (κ3) is 9.00. The Morgan fingerprint density at radius 2 is 1.22 bits per heavy atom. The molecule has 1 rings (SSSR count). The number of hydrogen-bond acceptors (Lipinski definition) is 0. The van der Waals surface area contributed by atoms with Gasteiger partial charge in [0.1, 0.15) is 0 Å². The van der Waals surface area contributed by atoms with E-state index < -0.39 is 0 Å². The maximum Gasteiger partial charge on any atom is -0.0414 e. The lowest BCUT2D eigenvalue weighted by Crippen LogP contribution is -1.92. The van der Waals surface area contributed by atoms with Gasteiger partial charge in [-0.05, 0) is 11.8 Å². The first-order valence-corrected chi connectivity index (χ1v) is 8.79. The van der Waals surface area contributed by atoms with E-state index >= 15 is 0 Å². The fourth-order valence-corrected chi connectivity index (χ4v) is 3.35. The highest BCUT2D eigenvalue weighted by molar-refractivity contribution is 4.66. The van der Waals surface area contributed by atoms with E-state index in [1.54, 1.807) is 0 Å². The highest BCUT2D eigenvalue weighted by Gasteiger charge is 2.13. The van der Waals surface area contributed by atoms with E-state index in [-0.39, 0.29) is 0 Å². The maximum atomic E-state index is 2.34. The summed E-state index contributed by atoms with van der Waals surface area (Å²) in [6, 6.07) is 0. The summed E-state index contributed by atoms with van der Waals surface area (Å²) in [4.78, 5) is 0. The largest absolute Gasteiger partial charge is 0.0628 e. The molecule has 18 heavy (non-hydrogen) atoms. The Kier molecular flexibility index (Phi) is 9.70. The van der Waals surface area contributed by atoms with Crippen LogP contribution in [-0.2, 0) is 0 Å². The minimum atomic E-state index is 0.903. The van der Waals surface area contributed by atoms with Gasteiger partial charge in [-0.2, -0.15) is 0 Å². The van der Waals surface area contributed by atoms with Gasteiger partial charge in [0, 0.05) is 0 Å². The first-order chi connectivity index (χ1) is 8.79. The van der Waals surface area contributed by atoms with Crippen LogP contribution < -0.4 is 0 Å². The van der Waals surface area contributed by atoms with Gasteiger partial charge in [0.15, 0.2) is 0 Å². The lowest BCUT2D eigenvalue weighted by atomic mass is 9.98. The molecule has 0 aliphatic heterocycles. The first-order valence-electron chi connectivity index (χ1n) is 8.79. The van der Waals surface area contributed by atoms with Crippen LogP contribution in [0.15, 0.2) is 0 Å².